The van der Waals surface area contributed by atoms with Crippen molar-refractivity contribution in [3.63, 3.8) is 0 Å². The Labute approximate surface area is 98.6 Å². The van der Waals surface area contributed by atoms with Crippen LogP contribution in [0.3, 0.4) is 0 Å². The molecule has 2 aliphatic carbocycles. The topological polar surface area (TPSA) is 41.5 Å². The molecule has 0 aromatic rings. The Morgan fingerprint density at radius 1 is 1.19 bits per heavy atom. The first kappa shape index (κ1) is 12.3. The first-order valence-electron chi connectivity index (χ1n) is 6.71. The Bertz CT molecular complexity index is 200. The summed E-state index contributed by atoms with van der Waals surface area (Å²) in [5, 5.41) is 13.5. The van der Waals surface area contributed by atoms with Crippen molar-refractivity contribution in [2.75, 3.05) is 20.3 Å². The number of aliphatic hydroxyl groups is 1. The first-order chi connectivity index (χ1) is 7.81. The lowest BCUT2D eigenvalue weighted by molar-refractivity contribution is 0.0939. The van der Waals surface area contributed by atoms with E-state index >= 15 is 0 Å². The molecule has 16 heavy (non-hydrogen) atoms. The molecule has 0 aromatic carbocycles. The zero-order valence-corrected chi connectivity index (χ0v) is 10.3. The van der Waals surface area contributed by atoms with Crippen LogP contribution in [-0.4, -0.2) is 37.5 Å². The molecule has 3 heteroatoms. The van der Waals surface area contributed by atoms with Gasteiger partial charge >= 0.3 is 0 Å². The van der Waals surface area contributed by atoms with E-state index in [1.807, 2.05) is 0 Å². The molecular formula is C13H25NO2. The summed E-state index contributed by atoms with van der Waals surface area (Å²) in [7, 11) is 1.75. The molecule has 94 valence electrons. The number of hydrogen-bond donors (Lipinski definition) is 2. The fourth-order valence-electron chi connectivity index (χ4n) is 2.82. The molecule has 2 fully saturated rings. The van der Waals surface area contributed by atoms with Gasteiger partial charge in [-0.1, -0.05) is 12.8 Å². The molecule has 0 saturated heterocycles. The van der Waals surface area contributed by atoms with Gasteiger partial charge in [0.05, 0.1) is 12.7 Å². The number of aliphatic hydroxyl groups excluding tert-OH is 1. The van der Waals surface area contributed by atoms with Gasteiger partial charge in [0.15, 0.2) is 0 Å². The van der Waals surface area contributed by atoms with Crippen LogP contribution in [0.1, 0.15) is 38.5 Å². The Morgan fingerprint density at radius 2 is 1.88 bits per heavy atom. The third kappa shape index (κ3) is 3.44. The molecular weight excluding hydrogens is 202 g/mol. The third-order valence-electron chi connectivity index (χ3n) is 4.07. The van der Waals surface area contributed by atoms with E-state index in [-0.39, 0.29) is 6.10 Å². The van der Waals surface area contributed by atoms with Gasteiger partial charge in [0.1, 0.15) is 0 Å². The van der Waals surface area contributed by atoms with E-state index < -0.39 is 0 Å². The predicted octanol–water partition coefficient (Wildman–Crippen LogP) is 1.55. The second-order valence-electron chi connectivity index (χ2n) is 5.42. The molecule has 0 radical (unpaired) electrons. The van der Waals surface area contributed by atoms with Crippen LogP contribution in [0.4, 0.5) is 0 Å². The maximum absolute atomic E-state index is 10.1. The lowest BCUT2D eigenvalue weighted by Gasteiger charge is -2.23. The second-order valence-corrected chi connectivity index (χ2v) is 5.42. The molecule has 2 saturated carbocycles. The second kappa shape index (κ2) is 5.99. The van der Waals surface area contributed by atoms with Crippen LogP contribution in [0, 0.1) is 11.8 Å². The normalized spacial score (nSPS) is 25.9. The summed E-state index contributed by atoms with van der Waals surface area (Å²) in [6.45, 7) is 1.53. The minimum atomic E-state index is -0.152. The van der Waals surface area contributed by atoms with Gasteiger partial charge in [-0.2, -0.15) is 0 Å². The lowest BCUT2D eigenvalue weighted by Crippen LogP contribution is -2.41. The van der Waals surface area contributed by atoms with Crippen molar-refractivity contribution in [1.82, 2.24) is 5.32 Å². The number of hydrogen-bond acceptors (Lipinski definition) is 3. The van der Waals surface area contributed by atoms with Crippen molar-refractivity contribution in [2.24, 2.45) is 11.8 Å². The molecule has 2 rings (SSSR count). The van der Waals surface area contributed by atoms with Gasteiger partial charge < -0.3 is 15.2 Å². The van der Waals surface area contributed by atoms with E-state index in [9.17, 15) is 5.11 Å². The fourth-order valence-corrected chi connectivity index (χ4v) is 2.82. The Hall–Kier alpha value is -0.120. The summed E-state index contributed by atoms with van der Waals surface area (Å²) in [5.41, 5.74) is 0. The maximum atomic E-state index is 10.1. The van der Waals surface area contributed by atoms with Crippen molar-refractivity contribution in [3.05, 3.63) is 0 Å². The summed E-state index contributed by atoms with van der Waals surface area (Å²) in [4.78, 5) is 0. The average Bonchev–Trinajstić information content (AvgIpc) is 2.98. The van der Waals surface area contributed by atoms with E-state index in [0.717, 1.165) is 19.1 Å². The van der Waals surface area contributed by atoms with Crippen LogP contribution < -0.4 is 5.32 Å². The van der Waals surface area contributed by atoms with Crippen LogP contribution >= 0.6 is 0 Å². The van der Waals surface area contributed by atoms with E-state index in [1.54, 1.807) is 7.11 Å². The number of nitrogens with one attached hydrogen (secondary N) is 1. The van der Waals surface area contributed by atoms with E-state index in [4.69, 9.17) is 4.74 Å². The smallest absolute Gasteiger partial charge is 0.0692 e. The molecule has 0 aliphatic heterocycles. The number of methoxy groups -OCH3 is 1. The zero-order chi connectivity index (χ0) is 11.4. The summed E-state index contributed by atoms with van der Waals surface area (Å²) in [6.07, 6.45) is 7.50. The standard InChI is InChI=1S/C13H25NO2/c1-16-9-12(10-6-7-10)14-8-13(15)11-4-2-3-5-11/h10-15H,2-9H2,1H3. The van der Waals surface area contributed by atoms with Gasteiger partial charge in [-0.05, 0) is 37.5 Å². The van der Waals surface area contributed by atoms with Gasteiger partial charge in [0, 0.05) is 19.7 Å². The van der Waals surface area contributed by atoms with Gasteiger partial charge in [-0.15, -0.1) is 0 Å². The van der Waals surface area contributed by atoms with Crippen LogP contribution in [-0.2, 0) is 4.74 Å². The van der Waals surface area contributed by atoms with Crippen LogP contribution in [0.15, 0.2) is 0 Å². The summed E-state index contributed by atoms with van der Waals surface area (Å²) < 4.78 is 5.22. The van der Waals surface area contributed by atoms with Crippen molar-refractivity contribution >= 4 is 0 Å². The molecule has 0 bridgehead atoms. The van der Waals surface area contributed by atoms with Crippen LogP contribution in [0.5, 0.6) is 0 Å². The molecule has 3 nitrogen and oxygen atoms in total. The lowest BCUT2D eigenvalue weighted by atomic mass is 10.0. The van der Waals surface area contributed by atoms with Crippen molar-refractivity contribution in [2.45, 2.75) is 50.7 Å². The highest BCUT2D eigenvalue weighted by molar-refractivity contribution is 4.87. The highest BCUT2D eigenvalue weighted by Crippen LogP contribution is 2.33. The molecule has 2 N–H and O–H groups in total. The van der Waals surface area contributed by atoms with E-state index in [1.165, 1.54) is 38.5 Å². The third-order valence-corrected chi connectivity index (χ3v) is 4.07. The summed E-state index contributed by atoms with van der Waals surface area (Å²) in [5.74, 6) is 1.32. The largest absolute Gasteiger partial charge is 0.392 e. The van der Waals surface area contributed by atoms with Gasteiger partial charge in [0.25, 0.3) is 0 Å². The highest BCUT2D eigenvalue weighted by Gasteiger charge is 2.32. The SMILES string of the molecule is COCC(NCC(O)C1CCCC1)C1CC1. The molecule has 0 heterocycles. The molecule has 2 aliphatic rings. The van der Waals surface area contributed by atoms with Gasteiger partial charge in [-0.3, -0.25) is 0 Å². The molecule has 2 atom stereocenters. The molecule has 0 amide bonds. The Morgan fingerprint density at radius 3 is 2.44 bits per heavy atom. The predicted molar refractivity (Wildman–Crippen MR) is 64.4 cm³/mol. The number of ether oxygens (including phenoxy) is 1. The van der Waals surface area contributed by atoms with Crippen LogP contribution in [0.25, 0.3) is 0 Å². The van der Waals surface area contributed by atoms with E-state index in [0.29, 0.717) is 12.0 Å². The van der Waals surface area contributed by atoms with Gasteiger partial charge in [0.2, 0.25) is 0 Å². The quantitative estimate of drug-likeness (QED) is 0.693. The Balaban J connectivity index is 1.67. The summed E-state index contributed by atoms with van der Waals surface area (Å²) >= 11 is 0. The van der Waals surface area contributed by atoms with Crippen molar-refractivity contribution in [1.29, 1.82) is 0 Å². The van der Waals surface area contributed by atoms with Crippen molar-refractivity contribution < 1.29 is 9.84 Å². The monoisotopic (exact) mass is 227 g/mol. The first-order valence-corrected chi connectivity index (χ1v) is 6.71. The zero-order valence-electron chi connectivity index (χ0n) is 10.3. The molecule has 0 aromatic heterocycles. The van der Waals surface area contributed by atoms with Crippen molar-refractivity contribution in [3.8, 4) is 0 Å². The van der Waals surface area contributed by atoms with E-state index in [2.05, 4.69) is 5.32 Å². The summed E-state index contributed by atoms with van der Waals surface area (Å²) in [6, 6.07) is 0.459. The minimum absolute atomic E-state index is 0.152. The minimum Gasteiger partial charge on any atom is -0.392 e. The molecule has 0 spiro atoms. The Kier molecular flexibility index (Phi) is 4.62. The maximum Gasteiger partial charge on any atom is 0.0692 e. The fraction of sp³-hybridized carbons (Fsp3) is 1.00. The highest BCUT2D eigenvalue weighted by atomic mass is 16.5. The van der Waals surface area contributed by atoms with Crippen LogP contribution in [0.2, 0.25) is 0 Å². The number of rotatable bonds is 7. The molecule has 2 unspecified atom stereocenters. The average molecular weight is 227 g/mol. The van der Waals surface area contributed by atoms with Gasteiger partial charge in [-0.25, -0.2) is 0 Å².